The molecule has 2 aromatic carbocycles. The molecule has 132 valence electrons. The standard InChI is InChI=1S/C21H20ClN3O/c22-19-8-6-17(7-9-19)13-25-21(26)18-12-20(15-23-14-18)24-11-10-16-4-2-1-3-5-16/h1-9,12,14-15,24H,10-11,13H2,(H,25,26). The number of nitrogens with zero attached hydrogens (tertiary/aromatic N) is 1. The summed E-state index contributed by atoms with van der Waals surface area (Å²) in [6.45, 7) is 1.23. The number of pyridine rings is 1. The zero-order valence-electron chi connectivity index (χ0n) is 14.3. The lowest BCUT2D eigenvalue weighted by Gasteiger charge is -2.09. The van der Waals surface area contributed by atoms with Gasteiger partial charge < -0.3 is 10.6 Å². The molecule has 2 N–H and O–H groups in total. The van der Waals surface area contributed by atoms with Gasteiger partial charge in [-0.2, -0.15) is 0 Å². The highest BCUT2D eigenvalue weighted by Gasteiger charge is 2.07. The summed E-state index contributed by atoms with van der Waals surface area (Å²) in [6, 6.07) is 19.5. The summed E-state index contributed by atoms with van der Waals surface area (Å²) in [5.41, 5.74) is 3.63. The van der Waals surface area contributed by atoms with Gasteiger partial charge in [0, 0.05) is 30.5 Å². The molecule has 5 heteroatoms. The Morgan fingerprint density at radius 1 is 0.962 bits per heavy atom. The van der Waals surface area contributed by atoms with E-state index in [0.29, 0.717) is 17.1 Å². The molecule has 0 atom stereocenters. The van der Waals surface area contributed by atoms with Gasteiger partial charge in [-0.3, -0.25) is 9.78 Å². The Labute approximate surface area is 158 Å². The van der Waals surface area contributed by atoms with Crippen LogP contribution in [0.5, 0.6) is 0 Å². The fourth-order valence-corrected chi connectivity index (χ4v) is 2.67. The number of hydrogen-bond acceptors (Lipinski definition) is 3. The van der Waals surface area contributed by atoms with Gasteiger partial charge in [0.1, 0.15) is 0 Å². The summed E-state index contributed by atoms with van der Waals surface area (Å²) in [4.78, 5) is 16.5. The predicted octanol–water partition coefficient (Wildman–Crippen LogP) is 4.32. The van der Waals surface area contributed by atoms with Crippen LogP contribution >= 0.6 is 11.6 Å². The second kappa shape index (κ2) is 9.02. The van der Waals surface area contributed by atoms with Crippen molar-refractivity contribution >= 4 is 23.2 Å². The van der Waals surface area contributed by atoms with E-state index in [2.05, 4.69) is 27.8 Å². The monoisotopic (exact) mass is 365 g/mol. The van der Waals surface area contributed by atoms with E-state index >= 15 is 0 Å². The molecule has 4 nitrogen and oxygen atoms in total. The van der Waals surface area contributed by atoms with Crippen molar-refractivity contribution in [2.45, 2.75) is 13.0 Å². The quantitative estimate of drug-likeness (QED) is 0.655. The van der Waals surface area contributed by atoms with E-state index in [1.807, 2.05) is 48.5 Å². The number of amides is 1. The first-order valence-electron chi connectivity index (χ1n) is 8.46. The molecule has 0 aliphatic heterocycles. The summed E-state index contributed by atoms with van der Waals surface area (Å²) < 4.78 is 0. The van der Waals surface area contributed by atoms with Crippen LogP contribution in [0, 0.1) is 0 Å². The number of carbonyl (C=O) groups excluding carboxylic acids is 1. The SMILES string of the molecule is O=C(NCc1ccc(Cl)cc1)c1cncc(NCCc2ccccc2)c1. The van der Waals surface area contributed by atoms with Gasteiger partial charge in [0.15, 0.2) is 0 Å². The van der Waals surface area contributed by atoms with Gasteiger partial charge in [0.05, 0.1) is 11.3 Å². The molecule has 26 heavy (non-hydrogen) atoms. The Hall–Kier alpha value is -2.85. The van der Waals surface area contributed by atoms with Crippen LogP contribution in [0.25, 0.3) is 0 Å². The molecule has 1 aromatic heterocycles. The number of carbonyl (C=O) groups is 1. The van der Waals surface area contributed by atoms with Gasteiger partial charge in [-0.25, -0.2) is 0 Å². The summed E-state index contributed by atoms with van der Waals surface area (Å²) in [7, 11) is 0. The topological polar surface area (TPSA) is 54.0 Å². The van der Waals surface area contributed by atoms with Crippen LogP contribution in [0.2, 0.25) is 5.02 Å². The zero-order chi connectivity index (χ0) is 18.2. The second-order valence-electron chi connectivity index (χ2n) is 5.93. The smallest absolute Gasteiger partial charge is 0.253 e. The third-order valence-electron chi connectivity index (χ3n) is 3.95. The minimum Gasteiger partial charge on any atom is -0.383 e. The van der Waals surface area contributed by atoms with Crippen molar-refractivity contribution in [3.05, 3.63) is 94.8 Å². The first-order valence-corrected chi connectivity index (χ1v) is 8.84. The first-order chi connectivity index (χ1) is 12.7. The van der Waals surface area contributed by atoms with Crippen LogP contribution in [0.1, 0.15) is 21.5 Å². The van der Waals surface area contributed by atoms with Crippen molar-refractivity contribution < 1.29 is 4.79 Å². The number of nitrogens with one attached hydrogen (secondary N) is 2. The number of rotatable bonds is 7. The molecule has 0 unspecified atom stereocenters. The lowest BCUT2D eigenvalue weighted by molar-refractivity contribution is 0.0950. The Kier molecular flexibility index (Phi) is 6.23. The fraction of sp³-hybridized carbons (Fsp3) is 0.143. The van der Waals surface area contributed by atoms with Gasteiger partial charge in [0.2, 0.25) is 0 Å². The van der Waals surface area contributed by atoms with E-state index in [9.17, 15) is 4.79 Å². The molecule has 0 fully saturated rings. The largest absolute Gasteiger partial charge is 0.383 e. The van der Waals surface area contributed by atoms with Crippen molar-refractivity contribution in [1.29, 1.82) is 0 Å². The average Bonchev–Trinajstić information content (AvgIpc) is 2.68. The highest BCUT2D eigenvalue weighted by Crippen LogP contribution is 2.11. The van der Waals surface area contributed by atoms with Crippen LogP contribution in [0.4, 0.5) is 5.69 Å². The molecule has 1 amide bonds. The van der Waals surface area contributed by atoms with Gasteiger partial charge >= 0.3 is 0 Å². The number of benzene rings is 2. The second-order valence-corrected chi connectivity index (χ2v) is 6.37. The van der Waals surface area contributed by atoms with E-state index in [1.54, 1.807) is 12.4 Å². The minimum absolute atomic E-state index is 0.154. The molecule has 0 aliphatic rings. The molecule has 1 heterocycles. The fourth-order valence-electron chi connectivity index (χ4n) is 2.54. The minimum atomic E-state index is -0.154. The molecule has 3 aromatic rings. The maximum atomic E-state index is 12.3. The van der Waals surface area contributed by atoms with Gasteiger partial charge in [-0.05, 0) is 35.7 Å². The Bertz CT molecular complexity index is 851. The lowest BCUT2D eigenvalue weighted by Crippen LogP contribution is -2.23. The van der Waals surface area contributed by atoms with Crippen molar-refractivity contribution in [3.8, 4) is 0 Å². The van der Waals surface area contributed by atoms with Crippen LogP contribution < -0.4 is 10.6 Å². The van der Waals surface area contributed by atoms with Crippen molar-refractivity contribution in [2.24, 2.45) is 0 Å². The summed E-state index contributed by atoms with van der Waals surface area (Å²) in [6.07, 6.45) is 4.20. The van der Waals surface area contributed by atoms with Gasteiger partial charge in [0.25, 0.3) is 5.91 Å². The Balaban J connectivity index is 1.52. The van der Waals surface area contributed by atoms with Crippen LogP contribution in [-0.4, -0.2) is 17.4 Å². The molecule has 0 aliphatic carbocycles. The molecular weight excluding hydrogens is 346 g/mol. The summed E-state index contributed by atoms with van der Waals surface area (Å²) >= 11 is 5.87. The van der Waals surface area contributed by atoms with Gasteiger partial charge in [-0.1, -0.05) is 54.1 Å². The summed E-state index contributed by atoms with van der Waals surface area (Å²) in [5, 5.41) is 6.88. The van der Waals surface area contributed by atoms with Crippen molar-refractivity contribution in [1.82, 2.24) is 10.3 Å². The molecule has 3 rings (SSSR count). The highest BCUT2D eigenvalue weighted by atomic mass is 35.5. The maximum absolute atomic E-state index is 12.3. The molecule has 0 saturated heterocycles. The lowest BCUT2D eigenvalue weighted by atomic mass is 10.1. The maximum Gasteiger partial charge on any atom is 0.253 e. The molecule has 0 saturated carbocycles. The van der Waals surface area contributed by atoms with E-state index < -0.39 is 0 Å². The number of hydrogen-bond donors (Lipinski definition) is 2. The number of anilines is 1. The van der Waals surface area contributed by atoms with E-state index in [-0.39, 0.29) is 5.91 Å². The van der Waals surface area contributed by atoms with Crippen LogP contribution in [0.15, 0.2) is 73.1 Å². The van der Waals surface area contributed by atoms with E-state index in [4.69, 9.17) is 11.6 Å². The highest BCUT2D eigenvalue weighted by molar-refractivity contribution is 6.30. The third-order valence-corrected chi connectivity index (χ3v) is 4.20. The summed E-state index contributed by atoms with van der Waals surface area (Å²) in [5.74, 6) is -0.154. The van der Waals surface area contributed by atoms with Crippen molar-refractivity contribution in [3.63, 3.8) is 0 Å². The number of aromatic nitrogens is 1. The normalized spacial score (nSPS) is 10.3. The predicted molar refractivity (Wildman–Crippen MR) is 105 cm³/mol. The third kappa shape index (κ3) is 5.33. The molecular formula is C21H20ClN3O. The molecule has 0 bridgehead atoms. The van der Waals surface area contributed by atoms with Crippen LogP contribution in [0.3, 0.4) is 0 Å². The Morgan fingerprint density at radius 3 is 2.50 bits per heavy atom. The molecule has 0 radical (unpaired) electrons. The van der Waals surface area contributed by atoms with Crippen LogP contribution in [-0.2, 0) is 13.0 Å². The average molecular weight is 366 g/mol. The first kappa shape index (κ1) is 18.0. The van der Waals surface area contributed by atoms with Gasteiger partial charge in [-0.15, -0.1) is 0 Å². The van der Waals surface area contributed by atoms with Crippen molar-refractivity contribution in [2.75, 3.05) is 11.9 Å². The zero-order valence-corrected chi connectivity index (χ0v) is 15.0. The molecule has 0 spiro atoms. The Morgan fingerprint density at radius 2 is 1.73 bits per heavy atom. The number of halogens is 1. The van der Waals surface area contributed by atoms with E-state index in [0.717, 1.165) is 24.2 Å². The van der Waals surface area contributed by atoms with E-state index in [1.165, 1.54) is 5.56 Å².